The van der Waals surface area contributed by atoms with Crippen LogP contribution >= 0.6 is 0 Å². The highest BCUT2D eigenvalue weighted by Gasteiger charge is 2.65. The van der Waals surface area contributed by atoms with E-state index in [1.807, 2.05) is 60.7 Å². The van der Waals surface area contributed by atoms with Crippen LogP contribution in [0, 0.1) is 23.7 Å². The molecule has 2 saturated carbocycles. The lowest BCUT2D eigenvalue weighted by Gasteiger charge is -2.60. The average molecular weight is 967 g/mol. The topological polar surface area (TPSA) is 110 Å². The Kier molecular flexibility index (Phi) is 15.8. The highest BCUT2D eigenvalue weighted by atomic mass is 16.7. The van der Waals surface area contributed by atoms with E-state index in [4.69, 9.17) is 24.2 Å². The number of benzene rings is 6. The predicted octanol–water partition coefficient (Wildman–Crippen LogP) is 13.6. The number of aliphatic hydroxyl groups is 2. The van der Waals surface area contributed by atoms with E-state index in [0.717, 1.165) is 100 Å². The fraction of sp³-hybridized carbons (Fsp3) is 0.397. The minimum atomic E-state index is -1.38. The van der Waals surface area contributed by atoms with Crippen LogP contribution in [0.25, 0.3) is 21.5 Å². The van der Waals surface area contributed by atoms with Gasteiger partial charge in [0, 0.05) is 44.1 Å². The van der Waals surface area contributed by atoms with Gasteiger partial charge in [0.1, 0.15) is 29.9 Å². The number of hydrogen-bond donors (Lipinski definition) is 2. The highest BCUT2D eigenvalue weighted by molar-refractivity contribution is 6.03. The van der Waals surface area contributed by atoms with Crippen LogP contribution in [0.3, 0.4) is 0 Å². The van der Waals surface area contributed by atoms with Gasteiger partial charge in [0.15, 0.2) is 0 Å². The maximum atomic E-state index is 15.6. The second-order valence-electron chi connectivity index (χ2n) is 20.5. The van der Waals surface area contributed by atoms with E-state index in [2.05, 4.69) is 90.4 Å². The van der Waals surface area contributed by atoms with Gasteiger partial charge in [-0.2, -0.15) is 0 Å². The summed E-state index contributed by atoms with van der Waals surface area (Å²) in [5, 5.41) is 29.9. The van der Waals surface area contributed by atoms with Crippen molar-refractivity contribution in [2.75, 3.05) is 19.8 Å². The molecule has 6 unspecified atom stereocenters. The van der Waals surface area contributed by atoms with Gasteiger partial charge in [-0.05, 0) is 118 Å². The van der Waals surface area contributed by atoms with Crippen LogP contribution in [-0.2, 0) is 27.5 Å². The minimum absolute atomic E-state index is 0.0701. The summed E-state index contributed by atoms with van der Waals surface area (Å²) in [5.41, 5.74) is 4.87. The molecule has 0 bridgehead atoms. The summed E-state index contributed by atoms with van der Waals surface area (Å²) in [7, 11) is 0. The van der Waals surface area contributed by atoms with Crippen LogP contribution in [0.1, 0.15) is 106 Å². The molecule has 4 aliphatic rings. The number of ether oxygens (including phenoxy) is 3. The van der Waals surface area contributed by atoms with E-state index in [1.54, 1.807) is 6.08 Å². The summed E-state index contributed by atoms with van der Waals surface area (Å²) in [5.74, 6) is 0.885. The molecule has 6 aromatic rings. The molecule has 1 aliphatic heterocycles. The second-order valence-corrected chi connectivity index (χ2v) is 20.5. The zero-order chi connectivity index (χ0) is 49.3. The Labute approximate surface area is 425 Å². The fourth-order valence-electron chi connectivity index (χ4n) is 12.6. The first-order chi connectivity index (χ1) is 35.5. The monoisotopic (exact) mass is 967 g/mol. The van der Waals surface area contributed by atoms with Crippen molar-refractivity contribution in [2.24, 2.45) is 28.8 Å². The molecule has 0 aromatic heterocycles. The lowest BCUT2D eigenvalue weighted by molar-refractivity contribution is -0.258. The number of amides is 1. The average Bonchev–Trinajstić information content (AvgIpc) is 3.95. The van der Waals surface area contributed by atoms with Crippen LogP contribution in [0.4, 0.5) is 0 Å². The lowest BCUT2D eigenvalue weighted by Crippen LogP contribution is -2.70. The third-order valence-electron chi connectivity index (χ3n) is 16.0. The fourth-order valence-corrected chi connectivity index (χ4v) is 12.6. The maximum absolute atomic E-state index is 15.6. The van der Waals surface area contributed by atoms with Gasteiger partial charge in [-0.1, -0.05) is 159 Å². The number of carbonyl (C=O) groups is 1. The largest absolute Gasteiger partial charge is 0.459 e. The van der Waals surface area contributed by atoms with E-state index < -0.39 is 17.7 Å². The number of oxime groups is 1. The summed E-state index contributed by atoms with van der Waals surface area (Å²) in [4.78, 5) is 24.1. The van der Waals surface area contributed by atoms with E-state index >= 15 is 4.79 Å². The van der Waals surface area contributed by atoms with Crippen molar-refractivity contribution >= 4 is 33.2 Å². The molecule has 1 heterocycles. The first kappa shape index (κ1) is 49.3. The molecule has 9 heteroatoms. The Hall–Kier alpha value is -6.26. The van der Waals surface area contributed by atoms with Gasteiger partial charge in [-0.3, -0.25) is 4.79 Å². The summed E-state index contributed by atoms with van der Waals surface area (Å²) < 4.78 is 21.8. The van der Waals surface area contributed by atoms with Gasteiger partial charge >= 0.3 is 0 Å². The molecule has 2 fully saturated rings. The number of hydrogen-bond acceptors (Lipinski definition) is 8. The highest BCUT2D eigenvalue weighted by Crippen LogP contribution is 2.62. The Morgan fingerprint density at radius 2 is 1.50 bits per heavy atom. The number of aliphatic hydroxyl groups excluding tert-OH is 2. The molecular weight excluding hydrogens is 897 g/mol. The van der Waals surface area contributed by atoms with E-state index in [1.165, 1.54) is 12.8 Å². The smallest absolute Gasteiger partial charge is 0.239 e. The molecule has 374 valence electrons. The Balaban J connectivity index is 1.16. The Morgan fingerprint density at radius 1 is 0.778 bits per heavy atom. The molecule has 9 nitrogen and oxygen atoms in total. The molecule has 10 rings (SSSR count). The number of unbranched alkanes of at least 4 members (excludes halogenated alkanes) is 2. The normalized spacial score (nSPS) is 23.0. The molecule has 3 aliphatic carbocycles. The minimum Gasteiger partial charge on any atom is -0.459 e. The van der Waals surface area contributed by atoms with Crippen LogP contribution in [0.5, 0.6) is 17.2 Å². The Morgan fingerprint density at radius 3 is 2.31 bits per heavy atom. The number of rotatable bonds is 22. The van der Waals surface area contributed by atoms with Crippen molar-refractivity contribution < 1.29 is 34.1 Å². The molecule has 0 saturated heterocycles. The molecule has 6 atom stereocenters. The second kappa shape index (κ2) is 23.1. The molecule has 72 heavy (non-hydrogen) atoms. The van der Waals surface area contributed by atoms with Crippen LogP contribution in [0.2, 0.25) is 0 Å². The van der Waals surface area contributed by atoms with Crippen molar-refractivity contribution in [2.45, 2.75) is 114 Å². The molecule has 0 spiro atoms. The van der Waals surface area contributed by atoms with Crippen molar-refractivity contribution in [3.63, 3.8) is 0 Å². The third kappa shape index (κ3) is 10.6. The molecule has 1 amide bonds. The van der Waals surface area contributed by atoms with Crippen LogP contribution < -0.4 is 9.47 Å². The summed E-state index contributed by atoms with van der Waals surface area (Å²) >= 11 is 0. The number of allylic oxidation sites excluding steroid dienone is 1. The maximum Gasteiger partial charge on any atom is 0.239 e. The molecular formula is C63H70N2O7. The van der Waals surface area contributed by atoms with Gasteiger partial charge in [0.05, 0.1) is 18.2 Å². The number of nitrogens with zero attached hydrogens (tertiary/aromatic N) is 2. The van der Waals surface area contributed by atoms with E-state index in [0.29, 0.717) is 49.6 Å². The number of carbonyl (C=O) groups excluding carboxylic acids is 1. The lowest BCUT2D eigenvalue weighted by atomic mass is 9.55. The molecule has 0 radical (unpaired) electrons. The number of fused-ring (bicyclic) bond motifs is 4. The van der Waals surface area contributed by atoms with Crippen molar-refractivity contribution in [1.29, 1.82) is 0 Å². The van der Waals surface area contributed by atoms with Gasteiger partial charge < -0.3 is 34.2 Å². The summed E-state index contributed by atoms with van der Waals surface area (Å²) in [6.07, 6.45) is 15.3. The van der Waals surface area contributed by atoms with Crippen LogP contribution in [0.15, 0.2) is 163 Å². The zero-order valence-electron chi connectivity index (χ0n) is 41.6. The predicted molar refractivity (Wildman–Crippen MR) is 286 cm³/mol. The first-order valence-electron chi connectivity index (χ1n) is 26.6. The van der Waals surface area contributed by atoms with Gasteiger partial charge in [-0.25, -0.2) is 0 Å². The standard InChI is InChI=1S/C63H70N2O7/c1-2-37-69-63-59(65(60(68)34-29-44-17-6-7-18-44)42-50-26-16-25-47-22-10-11-27-53(47)50)41-57(64-70-43-45-19-4-3-5-20-45)55-39-49(24-12-14-35-66)54(28-13-15-36-67)61(62(55)63)56-40-52(32-33-58(56)72-63)71-51-31-30-46-21-8-9-23-48(46)38-51/h2-5,8-11,16,19-23,25-27,30-33,38-40,44,49,54,59,61-62,66-67H,1,6-7,12-15,17-18,24,28-29,34-37,41-43H2. The van der Waals surface area contributed by atoms with Crippen molar-refractivity contribution in [3.8, 4) is 17.2 Å². The van der Waals surface area contributed by atoms with Crippen LogP contribution in [-0.4, -0.2) is 58.4 Å². The van der Waals surface area contributed by atoms with Gasteiger partial charge in [0.25, 0.3) is 0 Å². The summed E-state index contributed by atoms with van der Waals surface area (Å²) in [6, 6.07) is 44.9. The van der Waals surface area contributed by atoms with Crippen molar-refractivity contribution in [3.05, 3.63) is 174 Å². The van der Waals surface area contributed by atoms with Crippen molar-refractivity contribution in [1.82, 2.24) is 4.90 Å². The Bertz CT molecular complexity index is 2870. The first-order valence-corrected chi connectivity index (χ1v) is 26.6. The van der Waals surface area contributed by atoms with Gasteiger partial charge in [-0.15, -0.1) is 6.58 Å². The molecule has 2 N–H and O–H groups in total. The van der Waals surface area contributed by atoms with E-state index in [-0.39, 0.29) is 50.1 Å². The third-order valence-corrected chi connectivity index (χ3v) is 16.0. The quantitative estimate of drug-likeness (QED) is 0.0396. The SMILES string of the molecule is C=CCOC12Oc3ccc(Oc4ccc5ccccc5c4)cc3C3C(CCCCO)C(CCCCO)C=C(C(=NOCc4ccccc4)CC1N(Cc1cccc4ccccc14)C(=O)CCC1CCCC1)C32. The van der Waals surface area contributed by atoms with E-state index in [9.17, 15) is 10.2 Å². The zero-order valence-corrected chi connectivity index (χ0v) is 41.6. The van der Waals surface area contributed by atoms with Gasteiger partial charge in [0.2, 0.25) is 11.7 Å². The molecule has 6 aromatic carbocycles. The summed E-state index contributed by atoms with van der Waals surface area (Å²) in [6.45, 7) is 5.22.